The zero-order chi connectivity index (χ0) is 15.9. The number of rotatable bonds is 7. The highest BCUT2D eigenvalue weighted by Crippen LogP contribution is 2.37. The molecule has 5 heteroatoms. The first-order valence-electron chi connectivity index (χ1n) is 7.04. The highest BCUT2D eigenvalue weighted by Gasteiger charge is 2.13. The van der Waals surface area contributed by atoms with Crippen LogP contribution in [0.1, 0.15) is 18.1 Å². The Kier molecular flexibility index (Phi) is 6.21. The van der Waals surface area contributed by atoms with Crippen LogP contribution in [0.4, 0.5) is 0 Å². The van der Waals surface area contributed by atoms with Gasteiger partial charge >= 0.3 is 0 Å². The van der Waals surface area contributed by atoms with Gasteiger partial charge in [0.15, 0.2) is 11.5 Å². The minimum Gasteiger partial charge on any atom is -0.490 e. The molecule has 0 aliphatic rings. The van der Waals surface area contributed by atoms with E-state index in [2.05, 4.69) is 28.1 Å². The summed E-state index contributed by atoms with van der Waals surface area (Å²) in [6.45, 7) is 3.03. The second-order valence-corrected chi connectivity index (χ2v) is 5.96. The molecule has 0 aromatic heterocycles. The van der Waals surface area contributed by atoms with Crippen molar-refractivity contribution in [3.05, 3.63) is 58.1 Å². The van der Waals surface area contributed by atoms with Crippen molar-refractivity contribution in [2.45, 2.75) is 13.3 Å². The van der Waals surface area contributed by atoms with Gasteiger partial charge in [-0.2, -0.15) is 0 Å². The molecule has 0 saturated carbocycles. The minimum absolute atomic E-state index is 0.331. The van der Waals surface area contributed by atoms with Crippen LogP contribution in [-0.4, -0.2) is 18.2 Å². The van der Waals surface area contributed by atoms with E-state index in [0.717, 1.165) is 16.5 Å². The summed E-state index contributed by atoms with van der Waals surface area (Å²) in [5.41, 5.74) is 7.67. The lowest BCUT2D eigenvalue weighted by molar-refractivity contribution is 0.277. The maximum atomic E-state index is 5.90. The van der Waals surface area contributed by atoms with Crippen LogP contribution in [0.5, 0.6) is 11.5 Å². The molecule has 0 heterocycles. The molecule has 0 saturated heterocycles. The standard InChI is InChI=1S/C17H18BrNO2S/c1-2-20-15-11-13(17(19)22)10-14(18)16(15)21-9-8-12-6-4-3-5-7-12/h3-7,10-11H,2,8-9H2,1H3,(H2,19,22). The van der Waals surface area contributed by atoms with Crippen LogP contribution in [-0.2, 0) is 6.42 Å². The molecule has 0 atom stereocenters. The molecule has 0 radical (unpaired) electrons. The van der Waals surface area contributed by atoms with Crippen molar-refractivity contribution in [3.8, 4) is 11.5 Å². The van der Waals surface area contributed by atoms with E-state index in [0.29, 0.717) is 29.7 Å². The first kappa shape index (κ1) is 16.8. The number of thiocarbonyl (C=S) groups is 1. The Balaban J connectivity index is 2.13. The number of halogens is 1. The van der Waals surface area contributed by atoms with Crippen molar-refractivity contribution in [3.63, 3.8) is 0 Å². The fraction of sp³-hybridized carbons (Fsp3) is 0.235. The molecule has 0 spiro atoms. The lowest BCUT2D eigenvalue weighted by Gasteiger charge is -2.15. The average Bonchev–Trinajstić information content (AvgIpc) is 2.50. The highest BCUT2D eigenvalue weighted by atomic mass is 79.9. The fourth-order valence-electron chi connectivity index (χ4n) is 2.03. The van der Waals surface area contributed by atoms with E-state index in [1.807, 2.05) is 37.3 Å². The molecule has 2 aromatic carbocycles. The Bertz CT molecular complexity index is 647. The zero-order valence-corrected chi connectivity index (χ0v) is 14.7. The van der Waals surface area contributed by atoms with E-state index in [4.69, 9.17) is 27.4 Å². The van der Waals surface area contributed by atoms with Gasteiger partial charge in [0.25, 0.3) is 0 Å². The van der Waals surface area contributed by atoms with Crippen LogP contribution in [0.15, 0.2) is 46.9 Å². The Hall–Kier alpha value is -1.59. The molecule has 0 aliphatic carbocycles. The molecule has 116 valence electrons. The van der Waals surface area contributed by atoms with Gasteiger partial charge in [0.1, 0.15) is 4.99 Å². The lowest BCUT2D eigenvalue weighted by atomic mass is 10.1. The third-order valence-corrected chi connectivity index (χ3v) is 3.90. The van der Waals surface area contributed by atoms with Crippen LogP contribution in [0, 0.1) is 0 Å². The Labute approximate surface area is 144 Å². The summed E-state index contributed by atoms with van der Waals surface area (Å²) in [5.74, 6) is 1.32. The number of ether oxygens (including phenoxy) is 2. The van der Waals surface area contributed by atoms with E-state index in [1.165, 1.54) is 5.56 Å². The van der Waals surface area contributed by atoms with Crippen LogP contribution < -0.4 is 15.2 Å². The third kappa shape index (κ3) is 4.45. The SMILES string of the molecule is CCOc1cc(C(N)=S)cc(Br)c1OCCc1ccccc1. The Morgan fingerprint density at radius 1 is 1.18 bits per heavy atom. The van der Waals surface area contributed by atoms with E-state index < -0.39 is 0 Å². The van der Waals surface area contributed by atoms with Crippen LogP contribution in [0.3, 0.4) is 0 Å². The summed E-state index contributed by atoms with van der Waals surface area (Å²) in [7, 11) is 0. The monoisotopic (exact) mass is 379 g/mol. The molecule has 22 heavy (non-hydrogen) atoms. The molecule has 0 fully saturated rings. The largest absolute Gasteiger partial charge is 0.490 e. The summed E-state index contributed by atoms with van der Waals surface area (Å²) in [6, 6.07) is 13.9. The molecule has 0 bridgehead atoms. The van der Waals surface area contributed by atoms with Crippen molar-refractivity contribution >= 4 is 33.1 Å². The van der Waals surface area contributed by atoms with Gasteiger partial charge in [-0.1, -0.05) is 42.5 Å². The maximum absolute atomic E-state index is 5.90. The van der Waals surface area contributed by atoms with Crippen LogP contribution in [0.25, 0.3) is 0 Å². The van der Waals surface area contributed by atoms with Gasteiger partial charge in [-0.25, -0.2) is 0 Å². The molecule has 2 N–H and O–H groups in total. The van der Waals surface area contributed by atoms with Gasteiger partial charge in [0.2, 0.25) is 0 Å². The average molecular weight is 380 g/mol. The number of hydrogen-bond acceptors (Lipinski definition) is 3. The van der Waals surface area contributed by atoms with Gasteiger partial charge in [0.05, 0.1) is 17.7 Å². The predicted molar refractivity (Wildman–Crippen MR) is 96.8 cm³/mol. The van der Waals surface area contributed by atoms with E-state index in [1.54, 1.807) is 0 Å². The second kappa shape index (κ2) is 8.15. The van der Waals surface area contributed by atoms with E-state index >= 15 is 0 Å². The summed E-state index contributed by atoms with van der Waals surface area (Å²) >= 11 is 8.52. The van der Waals surface area contributed by atoms with Crippen LogP contribution in [0.2, 0.25) is 0 Å². The lowest BCUT2D eigenvalue weighted by Crippen LogP contribution is -2.11. The summed E-state index contributed by atoms with van der Waals surface area (Å²) in [6.07, 6.45) is 0.829. The summed E-state index contributed by atoms with van der Waals surface area (Å²) in [5, 5.41) is 0. The van der Waals surface area contributed by atoms with Gasteiger partial charge < -0.3 is 15.2 Å². The van der Waals surface area contributed by atoms with E-state index in [9.17, 15) is 0 Å². The van der Waals surface area contributed by atoms with Crippen LogP contribution >= 0.6 is 28.1 Å². The number of nitrogens with two attached hydrogens (primary N) is 1. The molecular weight excluding hydrogens is 362 g/mol. The van der Waals surface area contributed by atoms with E-state index in [-0.39, 0.29) is 0 Å². The summed E-state index contributed by atoms with van der Waals surface area (Å²) < 4.78 is 12.3. The topological polar surface area (TPSA) is 44.5 Å². The van der Waals surface area contributed by atoms with Crippen molar-refractivity contribution in [2.75, 3.05) is 13.2 Å². The molecule has 2 rings (SSSR count). The highest BCUT2D eigenvalue weighted by molar-refractivity contribution is 9.10. The van der Waals surface area contributed by atoms with Crippen molar-refractivity contribution in [2.24, 2.45) is 5.73 Å². The molecular formula is C17H18BrNO2S. The minimum atomic E-state index is 0.331. The van der Waals surface area contributed by atoms with Gasteiger partial charge in [0, 0.05) is 12.0 Å². The molecule has 0 aliphatic heterocycles. The third-order valence-electron chi connectivity index (χ3n) is 3.07. The zero-order valence-electron chi connectivity index (χ0n) is 12.3. The predicted octanol–water partition coefficient (Wildman–Crippen LogP) is 4.10. The maximum Gasteiger partial charge on any atom is 0.175 e. The number of hydrogen-bond donors (Lipinski definition) is 1. The van der Waals surface area contributed by atoms with Gasteiger partial charge in [-0.05, 0) is 40.5 Å². The molecule has 3 nitrogen and oxygen atoms in total. The molecule has 0 amide bonds. The quantitative estimate of drug-likeness (QED) is 0.735. The number of benzene rings is 2. The smallest absolute Gasteiger partial charge is 0.175 e. The van der Waals surface area contributed by atoms with Gasteiger partial charge in [-0.3, -0.25) is 0 Å². The Morgan fingerprint density at radius 3 is 2.55 bits per heavy atom. The van der Waals surface area contributed by atoms with Crippen molar-refractivity contribution < 1.29 is 9.47 Å². The fourth-order valence-corrected chi connectivity index (χ4v) is 2.70. The second-order valence-electron chi connectivity index (χ2n) is 4.67. The molecule has 0 unspecified atom stereocenters. The Morgan fingerprint density at radius 2 is 1.91 bits per heavy atom. The molecule has 2 aromatic rings. The van der Waals surface area contributed by atoms with Crippen molar-refractivity contribution in [1.82, 2.24) is 0 Å². The summed E-state index contributed by atoms with van der Waals surface area (Å²) in [4.78, 5) is 0.331. The first-order chi connectivity index (χ1) is 10.6. The first-order valence-corrected chi connectivity index (χ1v) is 8.24. The van der Waals surface area contributed by atoms with Gasteiger partial charge in [-0.15, -0.1) is 0 Å². The normalized spacial score (nSPS) is 10.3. The van der Waals surface area contributed by atoms with Crippen molar-refractivity contribution in [1.29, 1.82) is 0 Å².